The quantitative estimate of drug-likeness (QED) is 0.806. The van der Waals surface area contributed by atoms with Crippen LogP contribution in [-0.2, 0) is 11.3 Å². The third-order valence-corrected chi connectivity index (χ3v) is 3.67. The van der Waals surface area contributed by atoms with Crippen molar-refractivity contribution in [3.8, 4) is 11.8 Å². The van der Waals surface area contributed by atoms with Crippen molar-refractivity contribution in [1.29, 1.82) is 0 Å². The van der Waals surface area contributed by atoms with Gasteiger partial charge in [0, 0.05) is 24.4 Å². The molecule has 0 saturated heterocycles. The van der Waals surface area contributed by atoms with E-state index in [1.165, 1.54) is 12.8 Å². The van der Waals surface area contributed by atoms with E-state index in [2.05, 4.69) is 17.2 Å². The Hall–Kier alpha value is -1.79. The Bertz CT molecular complexity index is 523. The van der Waals surface area contributed by atoms with Gasteiger partial charge in [-0.2, -0.15) is 0 Å². The van der Waals surface area contributed by atoms with Crippen LogP contribution in [0.25, 0.3) is 0 Å². The number of amides is 1. The highest BCUT2D eigenvalue weighted by Crippen LogP contribution is 2.36. The highest BCUT2D eigenvalue weighted by Gasteiger charge is 2.32. The van der Waals surface area contributed by atoms with Gasteiger partial charge in [-0.05, 0) is 30.4 Å². The maximum atomic E-state index is 12.0. The van der Waals surface area contributed by atoms with Crippen LogP contribution in [0, 0.1) is 23.7 Å². The van der Waals surface area contributed by atoms with Crippen molar-refractivity contribution in [2.45, 2.75) is 32.7 Å². The summed E-state index contributed by atoms with van der Waals surface area (Å²) in [5.74, 6) is 6.78. The van der Waals surface area contributed by atoms with Gasteiger partial charge in [-0.3, -0.25) is 4.79 Å². The Morgan fingerprint density at radius 3 is 2.90 bits per heavy atom. The minimum Gasteiger partial charge on any atom is -0.395 e. The van der Waals surface area contributed by atoms with Crippen LogP contribution in [0.4, 0.5) is 0 Å². The zero-order valence-corrected chi connectivity index (χ0v) is 11.9. The molecule has 1 aromatic rings. The summed E-state index contributed by atoms with van der Waals surface area (Å²) in [5.41, 5.74) is 1.94. The van der Waals surface area contributed by atoms with Crippen molar-refractivity contribution in [2.75, 3.05) is 6.61 Å². The summed E-state index contributed by atoms with van der Waals surface area (Å²) in [6, 6.07) is 7.80. The molecule has 1 atom stereocenters. The van der Waals surface area contributed by atoms with E-state index < -0.39 is 0 Å². The average Bonchev–Trinajstić information content (AvgIpc) is 3.30. The van der Waals surface area contributed by atoms with Crippen molar-refractivity contribution >= 4 is 5.91 Å². The molecular formula is C17H21NO2. The zero-order valence-electron chi connectivity index (χ0n) is 11.9. The molecule has 0 aliphatic heterocycles. The molecular weight excluding hydrogens is 250 g/mol. The Morgan fingerprint density at radius 1 is 1.45 bits per heavy atom. The lowest BCUT2D eigenvalue weighted by atomic mass is 10.0. The predicted octanol–water partition coefficient (Wildman–Crippen LogP) is 2.08. The standard InChI is InChI=1S/C17H21NO2/c1-13(14-9-10-14)17(20)18-12-16-8-3-2-6-15(16)7-4-5-11-19/h2-3,6,8,13-14,19H,5,9-12H2,1H3,(H,18,20). The van der Waals surface area contributed by atoms with E-state index in [4.69, 9.17) is 5.11 Å². The summed E-state index contributed by atoms with van der Waals surface area (Å²) >= 11 is 0. The number of carbonyl (C=O) groups is 1. The predicted molar refractivity (Wildman–Crippen MR) is 78.8 cm³/mol. The topological polar surface area (TPSA) is 49.3 Å². The largest absolute Gasteiger partial charge is 0.395 e. The Kier molecular flexibility index (Phi) is 5.20. The van der Waals surface area contributed by atoms with E-state index in [0.29, 0.717) is 18.9 Å². The number of benzene rings is 1. The van der Waals surface area contributed by atoms with Crippen LogP contribution in [0.5, 0.6) is 0 Å². The summed E-state index contributed by atoms with van der Waals surface area (Å²) in [4.78, 5) is 12.0. The molecule has 0 bridgehead atoms. The second kappa shape index (κ2) is 7.12. The van der Waals surface area contributed by atoms with Crippen LogP contribution in [0.15, 0.2) is 24.3 Å². The summed E-state index contributed by atoms with van der Waals surface area (Å²) in [5, 5.41) is 11.7. The number of nitrogens with one attached hydrogen (secondary N) is 1. The molecule has 0 radical (unpaired) electrons. The monoisotopic (exact) mass is 271 g/mol. The van der Waals surface area contributed by atoms with Crippen LogP contribution in [0.1, 0.15) is 37.3 Å². The van der Waals surface area contributed by atoms with Gasteiger partial charge in [0.1, 0.15) is 0 Å². The molecule has 1 saturated carbocycles. The van der Waals surface area contributed by atoms with Gasteiger partial charge in [-0.25, -0.2) is 0 Å². The molecule has 0 heterocycles. The first-order chi connectivity index (χ1) is 9.72. The number of hydrogen-bond acceptors (Lipinski definition) is 2. The summed E-state index contributed by atoms with van der Waals surface area (Å²) in [7, 11) is 0. The van der Waals surface area contributed by atoms with Gasteiger partial charge in [-0.1, -0.05) is 37.0 Å². The lowest BCUT2D eigenvalue weighted by Crippen LogP contribution is -2.30. The molecule has 0 spiro atoms. The molecule has 106 valence electrons. The van der Waals surface area contributed by atoms with Crippen molar-refractivity contribution < 1.29 is 9.90 Å². The number of rotatable bonds is 5. The van der Waals surface area contributed by atoms with Gasteiger partial charge in [0.25, 0.3) is 0 Å². The second-order valence-electron chi connectivity index (χ2n) is 5.28. The Labute approximate surface area is 120 Å². The normalized spacial score (nSPS) is 15.1. The highest BCUT2D eigenvalue weighted by molar-refractivity contribution is 5.78. The Balaban J connectivity index is 1.95. The lowest BCUT2D eigenvalue weighted by molar-refractivity contribution is -0.125. The van der Waals surface area contributed by atoms with Gasteiger partial charge in [0.15, 0.2) is 0 Å². The fourth-order valence-corrected chi connectivity index (χ4v) is 2.16. The minimum atomic E-state index is 0.0742. The molecule has 20 heavy (non-hydrogen) atoms. The van der Waals surface area contributed by atoms with E-state index in [9.17, 15) is 4.79 Å². The van der Waals surface area contributed by atoms with Gasteiger partial charge in [-0.15, -0.1) is 0 Å². The van der Waals surface area contributed by atoms with E-state index in [0.717, 1.165) is 11.1 Å². The number of aliphatic hydroxyl groups is 1. The van der Waals surface area contributed by atoms with Crippen molar-refractivity contribution in [1.82, 2.24) is 5.32 Å². The number of hydrogen-bond donors (Lipinski definition) is 2. The lowest BCUT2D eigenvalue weighted by Gasteiger charge is -2.12. The van der Waals surface area contributed by atoms with Crippen LogP contribution in [0.2, 0.25) is 0 Å². The maximum absolute atomic E-state index is 12.0. The molecule has 0 aromatic heterocycles. The SMILES string of the molecule is CC(C(=O)NCc1ccccc1C#CCCO)C1CC1. The fourth-order valence-electron chi connectivity index (χ4n) is 2.16. The highest BCUT2D eigenvalue weighted by atomic mass is 16.2. The minimum absolute atomic E-state index is 0.0742. The van der Waals surface area contributed by atoms with Crippen molar-refractivity contribution in [3.63, 3.8) is 0 Å². The number of aliphatic hydroxyl groups excluding tert-OH is 1. The first-order valence-corrected chi connectivity index (χ1v) is 7.17. The van der Waals surface area contributed by atoms with Gasteiger partial charge < -0.3 is 10.4 Å². The first-order valence-electron chi connectivity index (χ1n) is 7.17. The molecule has 1 aliphatic rings. The first kappa shape index (κ1) is 14.6. The average molecular weight is 271 g/mol. The number of carbonyl (C=O) groups excluding carboxylic acids is 1. The smallest absolute Gasteiger partial charge is 0.223 e. The molecule has 1 aliphatic carbocycles. The van der Waals surface area contributed by atoms with Crippen LogP contribution >= 0.6 is 0 Å². The van der Waals surface area contributed by atoms with E-state index in [-0.39, 0.29) is 18.4 Å². The molecule has 2 rings (SSSR count). The van der Waals surface area contributed by atoms with E-state index in [1.54, 1.807) is 0 Å². The van der Waals surface area contributed by atoms with Crippen LogP contribution in [-0.4, -0.2) is 17.6 Å². The molecule has 3 nitrogen and oxygen atoms in total. The molecule has 1 amide bonds. The third kappa shape index (κ3) is 4.11. The summed E-state index contributed by atoms with van der Waals surface area (Å²) < 4.78 is 0. The Morgan fingerprint density at radius 2 is 2.20 bits per heavy atom. The molecule has 3 heteroatoms. The van der Waals surface area contributed by atoms with Crippen molar-refractivity contribution in [2.24, 2.45) is 11.8 Å². The maximum Gasteiger partial charge on any atom is 0.223 e. The molecule has 2 N–H and O–H groups in total. The molecule has 1 aromatic carbocycles. The van der Waals surface area contributed by atoms with Crippen LogP contribution < -0.4 is 5.32 Å². The molecule has 1 fully saturated rings. The van der Waals surface area contributed by atoms with Gasteiger partial charge >= 0.3 is 0 Å². The second-order valence-corrected chi connectivity index (χ2v) is 5.28. The summed E-state index contributed by atoms with van der Waals surface area (Å²) in [6.45, 7) is 2.59. The zero-order chi connectivity index (χ0) is 14.4. The summed E-state index contributed by atoms with van der Waals surface area (Å²) in [6.07, 6.45) is 2.83. The van der Waals surface area contributed by atoms with Crippen molar-refractivity contribution in [3.05, 3.63) is 35.4 Å². The third-order valence-electron chi connectivity index (χ3n) is 3.67. The van der Waals surface area contributed by atoms with Gasteiger partial charge in [0.2, 0.25) is 5.91 Å². The molecule has 1 unspecified atom stereocenters. The van der Waals surface area contributed by atoms with E-state index >= 15 is 0 Å². The fraction of sp³-hybridized carbons (Fsp3) is 0.471. The van der Waals surface area contributed by atoms with Crippen LogP contribution in [0.3, 0.4) is 0 Å². The van der Waals surface area contributed by atoms with Gasteiger partial charge in [0.05, 0.1) is 6.61 Å². The van der Waals surface area contributed by atoms with E-state index in [1.807, 2.05) is 31.2 Å².